The second-order valence-electron chi connectivity index (χ2n) is 6.67. The number of ether oxygens (including phenoxy) is 2. The highest BCUT2D eigenvalue weighted by Crippen LogP contribution is 2.25. The van der Waals surface area contributed by atoms with Gasteiger partial charge >= 0.3 is 5.97 Å². The standard InChI is InChI=1S/C21H17ClN2O5/c1-28-18-7-5-12(9-15(18)22)17(25)11-29-21(27)13-4-6-14-16(10-13)23-19-3-2-8-24(19)20(14)26/h4-7,9-10H,2-3,8,11H2,1H3. The maximum atomic E-state index is 12.5. The average Bonchev–Trinajstić information content (AvgIpc) is 3.20. The van der Waals surface area contributed by atoms with Crippen LogP contribution in [0.5, 0.6) is 5.75 Å². The summed E-state index contributed by atoms with van der Waals surface area (Å²) in [5.74, 6) is 0.117. The first-order chi connectivity index (χ1) is 14.0. The van der Waals surface area contributed by atoms with Crippen LogP contribution in [-0.4, -0.2) is 35.0 Å². The van der Waals surface area contributed by atoms with Gasteiger partial charge in [0.25, 0.3) is 5.56 Å². The van der Waals surface area contributed by atoms with E-state index >= 15 is 0 Å². The van der Waals surface area contributed by atoms with E-state index in [1.54, 1.807) is 22.8 Å². The van der Waals surface area contributed by atoms with Gasteiger partial charge in [-0.15, -0.1) is 0 Å². The molecule has 0 aliphatic carbocycles. The normalized spacial score (nSPS) is 12.6. The van der Waals surface area contributed by atoms with Crippen molar-refractivity contribution in [1.82, 2.24) is 9.55 Å². The van der Waals surface area contributed by atoms with Crippen molar-refractivity contribution in [3.05, 3.63) is 68.7 Å². The molecule has 3 aromatic rings. The summed E-state index contributed by atoms with van der Waals surface area (Å²) < 4.78 is 11.9. The zero-order valence-corrected chi connectivity index (χ0v) is 16.4. The maximum absolute atomic E-state index is 12.5. The van der Waals surface area contributed by atoms with Crippen LogP contribution < -0.4 is 10.3 Å². The van der Waals surface area contributed by atoms with Gasteiger partial charge in [-0.1, -0.05) is 11.6 Å². The van der Waals surface area contributed by atoms with Crippen LogP contribution in [0.25, 0.3) is 10.9 Å². The Morgan fingerprint density at radius 1 is 1.17 bits per heavy atom. The van der Waals surface area contributed by atoms with Crippen molar-refractivity contribution < 1.29 is 19.1 Å². The molecule has 0 N–H and O–H groups in total. The largest absolute Gasteiger partial charge is 0.495 e. The van der Waals surface area contributed by atoms with E-state index in [1.165, 1.54) is 25.3 Å². The number of benzene rings is 2. The Morgan fingerprint density at radius 3 is 2.72 bits per heavy atom. The highest BCUT2D eigenvalue weighted by atomic mass is 35.5. The number of esters is 1. The zero-order chi connectivity index (χ0) is 20.5. The van der Waals surface area contributed by atoms with Crippen molar-refractivity contribution in [2.75, 3.05) is 13.7 Å². The van der Waals surface area contributed by atoms with Crippen LogP contribution >= 0.6 is 11.6 Å². The van der Waals surface area contributed by atoms with E-state index in [2.05, 4.69) is 4.98 Å². The van der Waals surface area contributed by atoms with Gasteiger partial charge in [-0.3, -0.25) is 14.2 Å². The SMILES string of the molecule is COc1ccc(C(=O)COC(=O)c2ccc3c(=O)n4c(nc3c2)CCC4)cc1Cl. The molecule has 0 fully saturated rings. The van der Waals surface area contributed by atoms with E-state index in [0.29, 0.717) is 33.8 Å². The van der Waals surface area contributed by atoms with E-state index in [4.69, 9.17) is 21.1 Å². The van der Waals surface area contributed by atoms with Gasteiger partial charge in [-0.2, -0.15) is 0 Å². The third kappa shape index (κ3) is 3.61. The maximum Gasteiger partial charge on any atom is 0.338 e. The summed E-state index contributed by atoms with van der Waals surface area (Å²) in [6, 6.07) is 9.18. The monoisotopic (exact) mass is 412 g/mol. The number of ketones is 1. The Labute approximate surface area is 170 Å². The molecule has 1 aromatic heterocycles. The number of hydrogen-bond donors (Lipinski definition) is 0. The molecule has 1 aliphatic rings. The fourth-order valence-electron chi connectivity index (χ4n) is 3.35. The molecule has 0 saturated heterocycles. The number of fused-ring (bicyclic) bond motifs is 2. The second kappa shape index (κ2) is 7.67. The molecule has 0 atom stereocenters. The first-order valence-electron chi connectivity index (χ1n) is 9.05. The topological polar surface area (TPSA) is 87.5 Å². The van der Waals surface area contributed by atoms with E-state index in [9.17, 15) is 14.4 Å². The molecule has 0 spiro atoms. The van der Waals surface area contributed by atoms with Crippen LogP contribution in [0.2, 0.25) is 5.02 Å². The quantitative estimate of drug-likeness (QED) is 0.473. The lowest BCUT2D eigenvalue weighted by Crippen LogP contribution is -2.21. The summed E-state index contributed by atoms with van der Waals surface area (Å²) >= 11 is 6.02. The first-order valence-corrected chi connectivity index (χ1v) is 9.43. The summed E-state index contributed by atoms with van der Waals surface area (Å²) in [5.41, 5.74) is 0.889. The molecule has 0 amide bonds. The molecule has 0 radical (unpaired) electrons. The predicted octanol–water partition coefficient (Wildman–Crippen LogP) is 3.04. The summed E-state index contributed by atoms with van der Waals surface area (Å²) in [4.78, 5) is 41.6. The van der Waals surface area contributed by atoms with E-state index < -0.39 is 18.4 Å². The molecule has 0 saturated carbocycles. The van der Waals surface area contributed by atoms with E-state index in [-0.39, 0.29) is 11.1 Å². The smallest absolute Gasteiger partial charge is 0.338 e. The number of nitrogens with zero attached hydrogens (tertiary/aromatic N) is 2. The molecule has 2 aromatic carbocycles. The lowest BCUT2D eigenvalue weighted by molar-refractivity contribution is 0.0475. The number of aromatic nitrogens is 2. The van der Waals surface area contributed by atoms with Crippen LogP contribution in [0.3, 0.4) is 0 Å². The molecular weight excluding hydrogens is 396 g/mol. The molecule has 7 nitrogen and oxygen atoms in total. The number of Topliss-reactive ketones (excluding diaryl/α,β-unsaturated/α-hetero) is 1. The van der Waals surface area contributed by atoms with Gasteiger partial charge in [0, 0.05) is 18.5 Å². The summed E-state index contributed by atoms with van der Waals surface area (Å²) in [7, 11) is 1.48. The van der Waals surface area contributed by atoms with Crippen molar-refractivity contribution >= 4 is 34.3 Å². The number of halogens is 1. The number of hydrogen-bond acceptors (Lipinski definition) is 6. The minimum Gasteiger partial charge on any atom is -0.495 e. The Kier molecular flexibility index (Phi) is 5.07. The minimum atomic E-state index is -0.665. The van der Waals surface area contributed by atoms with Gasteiger partial charge in [0.15, 0.2) is 12.4 Å². The van der Waals surface area contributed by atoms with Gasteiger partial charge in [-0.25, -0.2) is 9.78 Å². The molecule has 8 heteroatoms. The number of carbonyl (C=O) groups is 2. The van der Waals surface area contributed by atoms with Crippen molar-refractivity contribution in [3.8, 4) is 5.75 Å². The molecule has 4 rings (SSSR count). The summed E-state index contributed by atoms with van der Waals surface area (Å²) in [6.45, 7) is 0.234. The van der Waals surface area contributed by atoms with Gasteiger partial charge in [-0.05, 0) is 42.8 Å². The van der Waals surface area contributed by atoms with Crippen LogP contribution in [0.4, 0.5) is 0 Å². The summed E-state index contributed by atoms with van der Waals surface area (Å²) in [5, 5.41) is 0.750. The number of aryl methyl sites for hydroxylation is 1. The third-order valence-corrected chi connectivity index (χ3v) is 5.16. The predicted molar refractivity (Wildman–Crippen MR) is 107 cm³/mol. The van der Waals surface area contributed by atoms with Crippen LogP contribution in [-0.2, 0) is 17.7 Å². The number of methoxy groups -OCH3 is 1. The van der Waals surface area contributed by atoms with Crippen LogP contribution in [0, 0.1) is 0 Å². The lowest BCUT2D eigenvalue weighted by Gasteiger charge is -2.08. The molecule has 29 heavy (non-hydrogen) atoms. The van der Waals surface area contributed by atoms with Crippen molar-refractivity contribution in [2.45, 2.75) is 19.4 Å². The average molecular weight is 413 g/mol. The number of carbonyl (C=O) groups excluding carboxylic acids is 2. The Morgan fingerprint density at radius 2 is 1.97 bits per heavy atom. The number of rotatable bonds is 5. The Bertz CT molecular complexity index is 1200. The molecule has 2 heterocycles. The third-order valence-electron chi connectivity index (χ3n) is 4.86. The van der Waals surface area contributed by atoms with Gasteiger partial charge in [0.05, 0.1) is 28.6 Å². The Hall–Kier alpha value is -3.19. The zero-order valence-electron chi connectivity index (χ0n) is 15.6. The van der Waals surface area contributed by atoms with Crippen LogP contribution in [0.15, 0.2) is 41.2 Å². The van der Waals surface area contributed by atoms with Gasteiger partial charge in [0.2, 0.25) is 0 Å². The van der Waals surface area contributed by atoms with Crippen molar-refractivity contribution in [3.63, 3.8) is 0 Å². The van der Waals surface area contributed by atoms with Crippen LogP contribution in [0.1, 0.15) is 33.0 Å². The molecule has 0 unspecified atom stereocenters. The fourth-order valence-corrected chi connectivity index (χ4v) is 3.61. The van der Waals surface area contributed by atoms with E-state index in [1.807, 2.05) is 0 Å². The molecule has 1 aliphatic heterocycles. The van der Waals surface area contributed by atoms with Gasteiger partial charge in [0.1, 0.15) is 11.6 Å². The summed E-state index contributed by atoms with van der Waals surface area (Å²) in [6.07, 6.45) is 1.61. The molecular formula is C21H17ClN2O5. The lowest BCUT2D eigenvalue weighted by atomic mass is 10.1. The first kappa shape index (κ1) is 19.1. The van der Waals surface area contributed by atoms with Crippen molar-refractivity contribution in [1.29, 1.82) is 0 Å². The fraction of sp³-hybridized carbons (Fsp3) is 0.238. The van der Waals surface area contributed by atoms with Crippen molar-refractivity contribution in [2.24, 2.45) is 0 Å². The van der Waals surface area contributed by atoms with E-state index in [0.717, 1.165) is 18.7 Å². The minimum absolute atomic E-state index is 0.103. The Balaban J connectivity index is 1.50. The highest BCUT2D eigenvalue weighted by molar-refractivity contribution is 6.32. The molecule has 0 bridgehead atoms. The highest BCUT2D eigenvalue weighted by Gasteiger charge is 2.18. The molecule has 148 valence electrons. The van der Waals surface area contributed by atoms with Gasteiger partial charge < -0.3 is 9.47 Å². The second-order valence-corrected chi connectivity index (χ2v) is 7.08.